The molecule has 0 radical (unpaired) electrons. The van der Waals surface area contributed by atoms with Crippen LogP contribution >= 0.6 is 0 Å². The maximum atomic E-state index is 12.1. The largest absolute Gasteiger partial charge is 0.325 e. The van der Waals surface area contributed by atoms with E-state index in [9.17, 15) is 9.59 Å². The van der Waals surface area contributed by atoms with Gasteiger partial charge in [-0.3, -0.25) is 14.5 Å². The van der Waals surface area contributed by atoms with E-state index in [1.165, 1.54) is 4.90 Å². The molecule has 0 N–H and O–H groups in total. The van der Waals surface area contributed by atoms with Crippen molar-refractivity contribution in [3.8, 4) is 0 Å². The number of amides is 2. The third kappa shape index (κ3) is 3.10. The average Bonchev–Trinajstić information content (AvgIpc) is 2.52. The highest BCUT2D eigenvalue weighted by molar-refractivity contribution is 6.03. The van der Waals surface area contributed by atoms with Gasteiger partial charge in [-0.25, -0.2) is 0 Å². The zero-order valence-electron chi connectivity index (χ0n) is 12.6. The molecule has 4 nitrogen and oxygen atoms in total. The molecule has 2 amide bonds. The molecule has 0 aliphatic carbocycles. The summed E-state index contributed by atoms with van der Waals surface area (Å²) in [6, 6.07) is 0.485. The molecule has 0 saturated carbocycles. The van der Waals surface area contributed by atoms with E-state index < -0.39 is 0 Å². The minimum absolute atomic E-state index is 0.00227. The molecule has 1 heterocycles. The first-order valence-corrected chi connectivity index (χ1v) is 6.83. The van der Waals surface area contributed by atoms with Gasteiger partial charge < -0.3 is 4.48 Å². The van der Waals surface area contributed by atoms with Crippen LogP contribution in [0.5, 0.6) is 0 Å². The zero-order chi connectivity index (χ0) is 14.1. The maximum absolute atomic E-state index is 12.1. The van der Waals surface area contributed by atoms with Gasteiger partial charge in [0.05, 0.1) is 33.2 Å². The summed E-state index contributed by atoms with van der Waals surface area (Å²) in [7, 11) is 4.27. The number of likely N-dealkylation sites (tertiary alicyclic amines) is 1. The first-order chi connectivity index (χ1) is 8.16. The summed E-state index contributed by atoms with van der Waals surface area (Å²) in [5, 5.41) is 0. The Morgan fingerprint density at radius 1 is 1.22 bits per heavy atom. The van der Waals surface area contributed by atoms with Gasteiger partial charge in [-0.05, 0) is 19.8 Å². The van der Waals surface area contributed by atoms with E-state index in [4.69, 9.17) is 0 Å². The molecule has 18 heavy (non-hydrogen) atoms. The fraction of sp³-hybridized carbons (Fsp3) is 0.857. The van der Waals surface area contributed by atoms with Crippen molar-refractivity contribution in [1.82, 2.24) is 4.90 Å². The van der Waals surface area contributed by atoms with E-state index in [1.807, 2.05) is 13.8 Å². The van der Waals surface area contributed by atoms with E-state index in [2.05, 4.69) is 27.9 Å². The predicted octanol–water partition coefficient (Wildman–Crippen LogP) is 1.50. The van der Waals surface area contributed by atoms with Crippen LogP contribution in [-0.4, -0.2) is 54.4 Å². The molecule has 0 bridgehead atoms. The lowest BCUT2D eigenvalue weighted by atomic mass is 9.94. The first-order valence-electron chi connectivity index (χ1n) is 6.83. The van der Waals surface area contributed by atoms with Gasteiger partial charge >= 0.3 is 0 Å². The van der Waals surface area contributed by atoms with E-state index in [-0.39, 0.29) is 23.7 Å². The van der Waals surface area contributed by atoms with Crippen molar-refractivity contribution in [3.63, 3.8) is 0 Å². The molecule has 1 rings (SSSR count). The zero-order valence-corrected chi connectivity index (χ0v) is 12.6. The molecule has 1 aliphatic rings. The third-order valence-corrected chi connectivity index (χ3v) is 4.38. The Morgan fingerprint density at radius 2 is 1.78 bits per heavy atom. The fourth-order valence-corrected chi connectivity index (χ4v) is 2.08. The topological polar surface area (TPSA) is 37.4 Å². The van der Waals surface area contributed by atoms with Crippen molar-refractivity contribution in [2.45, 2.75) is 40.2 Å². The van der Waals surface area contributed by atoms with Gasteiger partial charge in [-0.15, -0.1) is 0 Å². The minimum Gasteiger partial charge on any atom is -0.325 e. The van der Waals surface area contributed by atoms with Gasteiger partial charge in [0.1, 0.15) is 0 Å². The van der Waals surface area contributed by atoms with Crippen LogP contribution < -0.4 is 0 Å². The molecule has 1 aliphatic heterocycles. The van der Waals surface area contributed by atoms with Crippen molar-refractivity contribution in [1.29, 1.82) is 0 Å². The number of nitrogens with zero attached hydrogens (tertiary/aromatic N) is 2. The number of quaternary nitrogens is 1. The smallest absolute Gasteiger partial charge is 0.233 e. The monoisotopic (exact) mass is 255 g/mol. The van der Waals surface area contributed by atoms with E-state index in [1.54, 1.807) is 0 Å². The highest BCUT2D eigenvalue weighted by Crippen LogP contribution is 2.26. The lowest BCUT2D eigenvalue weighted by Crippen LogP contribution is -2.50. The van der Waals surface area contributed by atoms with Crippen molar-refractivity contribution < 1.29 is 14.1 Å². The molecule has 1 saturated heterocycles. The van der Waals surface area contributed by atoms with Gasteiger partial charge in [0.15, 0.2) is 0 Å². The second kappa shape index (κ2) is 5.39. The number of rotatable bonds is 5. The van der Waals surface area contributed by atoms with Crippen LogP contribution in [0.4, 0.5) is 0 Å². The third-order valence-electron chi connectivity index (χ3n) is 4.38. The molecule has 0 aromatic rings. The van der Waals surface area contributed by atoms with Crippen LogP contribution in [0.25, 0.3) is 0 Å². The second-order valence-electron chi connectivity index (χ2n) is 6.53. The minimum atomic E-state index is -0.104. The lowest BCUT2D eigenvalue weighted by Gasteiger charge is -2.35. The molecule has 0 aromatic heterocycles. The Kier molecular flexibility index (Phi) is 4.54. The standard InChI is InChI=1S/C14H27N2O2/c1-10(2)12-9-13(17)15(14(12)18)7-8-16(5,6)11(3)4/h10-12H,7-9H2,1-6H3/q+1. The van der Waals surface area contributed by atoms with Crippen LogP contribution in [0.2, 0.25) is 0 Å². The van der Waals surface area contributed by atoms with Gasteiger partial charge in [-0.2, -0.15) is 0 Å². The normalized spacial score (nSPS) is 21.6. The van der Waals surface area contributed by atoms with E-state index in [0.717, 1.165) is 11.0 Å². The number of imide groups is 1. The first kappa shape index (κ1) is 15.2. The van der Waals surface area contributed by atoms with Crippen LogP contribution in [-0.2, 0) is 9.59 Å². The molecular weight excluding hydrogens is 228 g/mol. The molecule has 104 valence electrons. The molecule has 1 unspecified atom stereocenters. The second-order valence-corrected chi connectivity index (χ2v) is 6.53. The number of carbonyl (C=O) groups is 2. The summed E-state index contributed by atoms with van der Waals surface area (Å²) >= 11 is 0. The maximum Gasteiger partial charge on any atom is 0.233 e. The molecule has 0 spiro atoms. The van der Waals surface area contributed by atoms with Crippen molar-refractivity contribution in [2.75, 3.05) is 27.2 Å². The summed E-state index contributed by atoms with van der Waals surface area (Å²) in [5.74, 6) is 0.174. The molecule has 4 heteroatoms. The predicted molar refractivity (Wildman–Crippen MR) is 71.8 cm³/mol. The lowest BCUT2D eigenvalue weighted by molar-refractivity contribution is -0.910. The van der Waals surface area contributed by atoms with Gasteiger partial charge in [0.2, 0.25) is 11.8 Å². The van der Waals surface area contributed by atoms with E-state index in [0.29, 0.717) is 19.0 Å². The Labute approximate surface area is 111 Å². The van der Waals surface area contributed by atoms with Gasteiger partial charge in [0.25, 0.3) is 0 Å². The molecule has 1 atom stereocenters. The van der Waals surface area contributed by atoms with Crippen molar-refractivity contribution in [3.05, 3.63) is 0 Å². The van der Waals surface area contributed by atoms with Crippen LogP contribution in [0, 0.1) is 11.8 Å². The number of carbonyl (C=O) groups excluding carboxylic acids is 2. The quantitative estimate of drug-likeness (QED) is 0.551. The van der Waals surface area contributed by atoms with Gasteiger partial charge in [0, 0.05) is 12.3 Å². The van der Waals surface area contributed by atoms with Crippen LogP contribution in [0.3, 0.4) is 0 Å². The van der Waals surface area contributed by atoms with E-state index >= 15 is 0 Å². The Balaban J connectivity index is 2.64. The van der Waals surface area contributed by atoms with Crippen LogP contribution in [0.1, 0.15) is 34.1 Å². The fourth-order valence-electron chi connectivity index (χ4n) is 2.08. The molecule has 1 fully saturated rings. The summed E-state index contributed by atoms with van der Waals surface area (Å²) in [5.41, 5.74) is 0. The van der Waals surface area contributed by atoms with Crippen molar-refractivity contribution >= 4 is 11.8 Å². The summed E-state index contributed by atoms with van der Waals surface area (Å²) in [4.78, 5) is 25.5. The number of likely N-dealkylation sites (N-methyl/N-ethyl adjacent to an activating group) is 1. The SMILES string of the molecule is CC(C)C1CC(=O)N(CC[N+](C)(C)C(C)C)C1=O. The Hall–Kier alpha value is -0.900. The summed E-state index contributed by atoms with van der Waals surface area (Å²) in [6.45, 7) is 9.70. The Morgan fingerprint density at radius 3 is 2.17 bits per heavy atom. The summed E-state index contributed by atoms with van der Waals surface area (Å²) < 4.78 is 0.823. The highest BCUT2D eigenvalue weighted by atomic mass is 16.2. The average molecular weight is 255 g/mol. The Bertz CT molecular complexity index is 335. The molecule has 0 aromatic carbocycles. The van der Waals surface area contributed by atoms with Gasteiger partial charge in [-0.1, -0.05) is 13.8 Å². The number of hydrogen-bond acceptors (Lipinski definition) is 2. The van der Waals surface area contributed by atoms with Crippen molar-refractivity contribution in [2.24, 2.45) is 11.8 Å². The number of hydrogen-bond donors (Lipinski definition) is 0. The molecular formula is C14H27N2O2+. The summed E-state index contributed by atoms with van der Waals surface area (Å²) in [6.07, 6.45) is 0.394. The highest BCUT2D eigenvalue weighted by Gasteiger charge is 2.40. The van der Waals surface area contributed by atoms with Crippen LogP contribution in [0.15, 0.2) is 0 Å².